The Balaban J connectivity index is 1.61. The fourth-order valence-electron chi connectivity index (χ4n) is 4.76. The monoisotopic (exact) mass is 498 g/mol. The Hall–Kier alpha value is -2.42. The van der Waals surface area contributed by atoms with Gasteiger partial charge in [0.2, 0.25) is 10.0 Å². The van der Waals surface area contributed by atoms with Crippen LogP contribution in [0.2, 0.25) is 0 Å². The molecule has 1 aromatic carbocycles. The summed E-state index contributed by atoms with van der Waals surface area (Å²) in [7, 11) is 0.854. The number of pyridine rings is 1. The van der Waals surface area contributed by atoms with E-state index in [0.717, 1.165) is 53.8 Å². The predicted molar refractivity (Wildman–Crippen MR) is 142 cm³/mol. The molecule has 3 aromatic rings. The average Bonchev–Trinajstić information content (AvgIpc) is 3.20. The molecule has 1 aliphatic rings. The molecule has 3 heterocycles. The van der Waals surface area contributed by atoms with Crippen molar-refractivity contribution in [2.75, 3.05) is 40.3 Å². The summed E-state index contributed by atoms with van der Waals surface area (Å²) in [5.41, 5.74) is 4.18. The second-order valence-electron chi connectivity index (χ2n) is 10.1. The van der Waals surface area contributed by atoms with Crippen molar-refractivity contribution in [2.24, 2.45) is 0 Å². The third-order valence-corrected chi connectivity index (χ3v) is 8.97. The minimum atomic E-state index is -3.27. The van der Waals surface area contributed by atoms with Gasteiger partial charge in [-0.3, -0.25) is 0 Å². The summed E-state index contributed by atoms with van der Waals surface area (Å²) in [5.74, 6) is 0.999. The highest BCUT2D eigenvalue weighted by Crippen LogP contribution is 2.36. The Kier molecular flexibility index (Phi) is 7.83. The molecule has 7 nitrogen and oxygen atoms in total. The Morgan fingerprint density at radius 1 is 1.20 bits per heavy atom. The van der Waals surface area contributed by atoms with Gasteiger partial charge in [-0.1, -0.05) is 0 Å². The number of hydrogen-bond acceptors (Lipinski definition) is 5. The highest BCUT2D eigenvalue weighted by molar-refractivity contribution is 7.89. The number of fused-ring (bicyclic) bond motifs is 1. The van der Waals surface area contributed by atoms with Crippen molar-refractivity contribution in [1.82, 2.24) is 18.8 Å². The van der Waals surface area contributed by atoms with E-state index in [2.05, 4.69) is 48.0 Å². The second kappa shape index (κ2) is 10.7. The average molecular weight is 499 g/mol. The van der Waals surface area contributed by atoms with Gasteiger partial charge in [-0.25, -0.2) is 17.7 Å². The maximum absolute atomic E-state index is 12.9. The third kappa shape index (κ3) is 5.71. The van der Waals surface area contributed by atoms with E-state index in [9.17, 15) is 8.42 Å². The molecule has 4 rings (SSSR count). The van der Waals surface area contributed by atoms with Crippen LogP contribution in [-0.2, 0) is 10.0 Å². The molecule has 1 aliphatic heterocycles. The standard InChI is InChI=1S/C27H38N4O3S/c1-20(2)35(32,33)30-14-6-8-22(18-30)26-19-31(27-25(26)16-21(3)17-28-27)23-9-11-24(12-10-23)34-15-7-13-29(4)5/h9-12,16-17,19-20,22H,6-8,13-15,18H2,1-5H3. The zero-order chi connectivity index (χ0) is 25.2. The zero-order valence-electron chi connectivity index (χ0n) is 21.6. The fraction of sp³-hybridized carbons (Fsp3) is 0.519. The molecule has 8 heteroatoms. The predicted octanol–water partition coefficient (Wildman–Crippen LogP) is 4.58. The van der Waals surface area contributed by atoms with E-state index in [-0.39, 0.29) is 5.92 Å². The van der Waals surface area contributed by atoms with Crippen LogP contribution in [0.25, 0.3) is 16.7 Å². The van der Waals surface area contributed by atoms with Crippen molar-refractivity contribution in [2.45, 2.75) is 51.2 Å². The molecule has 190 valence electrons. The van der Waals surface area contributed by atoms with Crippen molar-refractivity contribution in [3.63, 3.8) is 0 Å². The van der Waals surface area contributed by atoms with Crippen LogP contribution in [0.4, 0.5) is 0 Å². The van der Waals surface area contributed by atoms with Crippen molar-refractivity contribution in [3.8, 4) is 11.4 Å². The molecule has 2 aromatic heterocycles. The first-order valence-corrected chi connectivity index (χ1v) is 14.0. The number of rotatable bonds is 9. The summed E-state index contributed by atoms with van der Waals surface area (Å²) in [5, 5.41) is 0.693. The van der Waals surface area contributed by atoms with Crippen LogP contribution in [0, 0.1) is 6.92 Å². The van der Waals surface area contributed by atoms with Gasteiger partial charge in [0.05, 0.1) is 11.9 Å². The van der Waals surface area contributed by atoms with Gasteiger partial charge in [-0.05, 0) is 102 Å². The number of sulfonamides is 1. The van der Waals surface area contributed by atoms with E-state index >= 15 is 0 Å². The number of nitrogens with zero attached hydrogens (tertiary/aromatic N) is 4. The minimum absolute atomic E-state index is 0.143. The van der Waals surface area contributed by atoms with Gasteiger partial charge in [0.25, 0.3) is 0 Å². The summed E-state index contributed by atoms with van der Waals surface area (Å²) in [6.45, 7) is 8.37. The van der Waals surface area contributed by atoms with Gasteiger partial charge in [-0.15, -0.1) is 0 Å². The Morgan fingerprint density at radius 2 is 1.94 bits per heavy atom. The van der Waals surface area contributed by atoms with Crippen LogP contribution in [-0.4, -0.2) is 72.8 Å². The van der Waals surface area contributed by atoms with Crippen molar-refractivity contribution in [3.05, 3.63) is 53.9 Å². The van der Waals surface area contributed by atoms with E-state index in [4.69, 9.17) is 9.72 Å². The lowest BCUT2D eigenvalue weighted by Gasteiger charge is -2.33. The second-order valence-corrected chi connectivity index (χ2v) is 12.6. The summed E-state index contributed by atoms with van der Waals surface area (Å²) in [6.07, 6.45) is 6.86. The molecule has 0 bridgehead atoms. The van der Waals surface area contributed by atoms with Crippen molar-refractivity contribution < 1.29 is 13.2 Å². The van der Waals surface area contributed by atoms with Gasteiger partial charge in [-0.2, -0.15) is 0 Å². The normalized spacial score (nSPS) is 17.5. The topological polar surface area (TPSA) is 67.7 Å². The molecule has 1 atom stereocenters. The quantitative estimate of drug-likeness (QED) is 0.404. The van der Waals surface area contributed by atoms with E-state index < -0.39 is 15.3 Å². The number of piperidine rings is 1. The Bertz CT molecular complexity index is 1250. The van der Waals surface area contributed by atoms with Crippen LogP contribution < -0.4 is 4.74 Å². The van der Waals surface area contributed by atoms with Crippen LogP contribution in [0.3, 0.4) is 0 Å². The maximum atomic E-state index is 12.9. The molecule has 1 fully saturated rings. The number of hydrogen-bond donors (Lipinski definition) is 0. The number of aromatic nitrogens is 2. The van der Waals surface area contributed by atoms with E-state index in [1.54, 1.807) is 18.2 Å². The number of aryl methyl sites for hydroxylation is 1. The largest absolute Gasteiger partial charge is 0.494 e. The van der Waals surface area contributed by atoms with Gasteiger partial charge in [0.1, 0.15) is 11.4 Å². The maximum Gasteiger partial charge on any atom is 0.216 e. The van der Waals surface area contributed by atoms with E-state index in [0.29, 0.717) is 19.7 Å². The minimum Gasteiger partial charge on any atom is -0.494 e. The van der Waals surface area contributed by atoms with Crippen LogP contribution in [0.5, 0.6) is 5.75 Å². The van der Waals surface area contributed by atoms with Gasteiger partial charge < -0.3 is 14.2 Å². The highest BCUT2D eigenvalue weighted by Gasteiger charge is 2.33. The molecular formula is C27H38N4O3S. The molecule has 0 radical (unpaired) electrons. The summed E-state index contributed by atoms with van der Waals surface area (Å²) >= 11 is 0. The first-order chi connectivity index (χ1) is 16.7. The van der Waals surface area contributed by atoms with Crippen LogP contribution in [0.1, 0.15) is 50.2 Å². The van der Waals surface area contributed by atoms with Gasteiger partial charge in [0.15, 0.2) is 0 Å². The summed E-state index contributed by atoms with van der Waals surface area (Å²) < 4.78 is 35.4. The SMILES string of the molecule is Cc1cnc2c(c1)c(C1CCCN(S(=O)(=O)C(C)C)C1)cn2-c1ccc(OCCCN(C)C)cc1. The first kappa shape index (κ1) is 25.7. The van der Waals surface area contributed by atoms with Crippen LogP contribution >= 0.6 is 0 Å². The van der Waals surface area contributed by atoms with Crippen LogP contribution in [0.15, 0.2) is 42.7 Å². The number of benzene rings is 1. The first-order valence-electron chi connectivity index (χ1n) is 12.5. The molecule has 1 unspecified atom stereocenters. The van der Waals surface area contributed by atoms with Gasteiger partial charge in [0, 0.05) is 43.1 Å². The van der Waals surface area contributed by atoms with E-state index in [1.165, 1.54) is 5.56 Å². The van der Waals surface area contributed by atoms with Crippen molar-refractivity contribution in [1.29, 1.82) is 0 Å². The lowest BCUT2D eigenvalue weighted by atomic mass is 9.91. The fourth-order valence-corrected chi connectivity index (χ4v) is 6.13. The van der Waals surface area contributed by atoms with E-state index in [1.807, 2.05) is 25.3 Å². The summed E-state index contributed by atoms with van der Waals surface area (Å²) in [4.78, 5) is 6.92. The molecule has 35 heavy (non-hydrogen) atoms. The molecule has 0 spiro atoms. The van der Waals surface area contributed by atoms with Crippen molar-refractivity contribution >= 4 is 21.1 Å². The molecule has 0 amide bonds. The Morgan fingerprint density at radius 3 is 2.63 bits per heavy atom. The third-order valence-electron chi connectivity index (χ3n) is 6.72. The Labute approximate surface area is 209 Å². The molecule has 1 saturated heterocycles. The smallest absolute Gasteiger partial charge is 0.216 e. The summed E-state index contributed by atoms with van der Waals surface area (Å²) in [6, 6.07) is 10.3. The number of ether oxygens (including phenoxy) is 1. The molecule has 0 aliphatic carbocycles. The molecule has 0 saturated carbocycles. The highest BCUT2D eigenvalue weighted by atomic mass is 32.2. The lowest BCUT2D eigenvalue weighted by molar-refractivity contribution is 0.281. The molecular weight excluding hydrogens is 460 g/mol. The zero-order valence-corrected chi connectivity index (χ0v) is 22.4. The van der Waals surface area contributed by atoms with Gasteiger partial charge >= 0.3 is 0 Å². The molecule has 0 N–H and O–H groups in total. The lowest BCUT2D eigenvalue weighted by Crippen LogP contribution is -2.42.